The average molecular weight is 369 g/mol. The summed E-state index contributed by atoms with van der Waals surface area (Å²) in [6.07, 6.45) is 0.429. The summed E-state index contributed by atoms with van der Waals surface area (Å²) in [5.74, 6) is 0.612. The van der Waals surface area contributed by atoms with E-state index in [4.69, 9.17) is 4.74 Å². The Hall–Kier alpha value is -3.06. The van der Waals surface area contributed by atoms with Gasteiger partial charge in [-0.2, -0.15) is 0 Å². The number of methoxy groups -OCH3 is 1. The summed E-state index contributed by atoms with van der Waals surface area (Å²) < 4.78 is 5.23. The molecular weight excluding hydrogens is 346 g/mol. The lowest BCUT2D eigenvalue weighted by atomic mass is 10.1. The Bertz CT molecular complexity index is 824. The van der Waals surface area contributed by atoms with Crippen molar-refractivity contribution in [1.82, 2.24) is 5.32 Å². The minimum Gasteiger partial charge on any atom is -0.496 e. The molecule has 1 heterocycles. The third-order valence-electron chi connectivity index (χ3n) is 4.47. The zero-order valence-electron chi connectivity index (χ0n) is 15.1. The van der Waals surface area contributed by atoms with Gasteiger partial charge >= 0.3 is 6.03 Å². The van der Waals surface area contributed by atoms with Crippen LogP contribution in [0.3, 0.4) is 0 Å². The van der Waals surface area contributed by atoms with E-state index in [1.165, 1.54) is 7.11 Å². The Morgan fingerprint density at radius 3 is 2.70 bits per heavy atom. The molecule has 27 heavy (non-hydrogen) atoms. The lowest BCUT2D eigenvalue weighted by Gasteiger charge is -2.20. The molecule has 1 aliphatic rings. The van der Waals surface area contributed by atoms with Gasteiger partial charge in [-0.15, -0.1) is 0 Å². The quantitative estimate of drug-likeness (QED) is 0.730. The van der Waals surface area contributed by atoms with Crippen LogP contribution in [-0.4, -0.2) is 37.2 Å². The van der Waals surface area contributed by atoms with Gasteiger partial charge in [-0.05, 0) is 24.6 Å². The minimum absolute atomic E-state index is 0.0248. The van der Waals surface area contributed by atoms with E-state index in [1.54, 1.807) is 35.2 Å². The molecule has 0 spiro atoms. The maximum Gasteiger partial charge on any atom is 0.319 e. The molecule has 3 rings (SSSR count). The maximum absolute atomic E-state index is 12.3. The topological polar surface area (TPSA) is 90.9 Å². The van der Waals surface area contributed by atoms with Crippen LogP contribution in [0.15, 0.2) is 48.5 Å². The van der Waals surface area contributed by atoms with Crippen LogP contribution < -0.4 is 20.3 Å². The van der Waals surface area contributed by atoms with Crippen LogP contribution in [0, 0.1) is 0 Å². The average Bonchev–Trinajstić information content (AvgIpc) is 3.12. The van der Waals surface area contributed by atoms with Crippen molar-refractivity contribution in [2.24, 2.45) is 0 Å². The second kappa shape index (κ2) is 8.55. The summed E-state index contributed by atoms with van der Waals surface area (Å²) in [5, 5.41) is 15.7. The first-order chi connectivity index (χ1) is 13.1. The number of nitrogens with one attached hydrogen (secondary N) is 2. The lowest BCUT2D eigenvalue weighted by Crippen LogP contribution is -2.33. The highest BCUT2D eigenvalue weighted by atomic mass is 16.5. The number of aliphatic hydroxyl groups is 1. The molecule has 2 aromatic carbocycles. The van der Waals surface area contributed by atoms with Gasteiger partial charge in [0, 0.05) is 25.1 Å². The fourth-order valence-corrected chi connectivity index (χ4v) is 3.13. The molecule has 1 atom stereocenters. The summed E-state index contributed by atoms with van der Waals surface area (Å²) >= 11 is 0. The van der Waals surface area contributed by atoms with Crippen LogP contribution in [0.4, 0.5) is 16.2 Å². The SMILES string of the molecule is COc1ccccc1[C@@H](O)CNC(=O)Nc1ccccc1N1CCCC1=O. The van der Waals surface area contributed by atoms with Crippen LogP contribution >= 0.6 is 0 Å². The summed E-state index contributed by atoms with van der Waals surface area (Å²) in [6.45, 7) is 0.669. The van der Waals surface area contributed by atoms with Gasteiger partial charge in [-0.1, -0.05) is 30.3 Å². The second-order valence-corrected chi connectivity index (χ2v) is 6.26. The number of nitrogens with zero attached hydrogens (tertiary/aromatic N) is 1. The number of benzene rings is 2. The normalized spacial score (nSPS) is 14.7. The van der Waals surface area contributed by atoms with Gasteiger partial charge in [0.25, 0.3) is 0 Å². The zero-order valence-corrected chi connectivity index (χ0v) is 15.1. The number of hydrogen-bond donors (Lipinski definition) is 3. The van der Waals surface area contributed by atoms with Gasteiger partial charge in [0.15, 0.2) is 0 Å². The molecule has 1 fully saturated rings. The van der Waals surface area contributed by atoms with Crippen molar-refractivity contribution in [3.05, 3.63) is 54.1 Å². The standard InChI is InChI=1S/C20H23N3O4/c1-27-18-10-5-2-7-14(18)17(24)13-21-20(26)22-15-8-3-4-9-16(15)23-12-6-11-19(23)25/h2-5,7-10,17,24H,6,11-13H2,1H3,(H2,21,22,26)/t17-/m0/s1. The number of carbonyl (C=O) groups is 2. The van der Waals surface area contributed by atoms with Crippen molar-refractivity contribution in [2.45, 2.75) is 18.9 Å². The highest BCUT2D eigenvalue weighted by Crippen LogP contribution is 2.29. The fourth-order valence-electron chi connectivity index (χ4n) is 3.13. The molecule has 7 heteroatoms. The minimum atomic E-state index is -0.901. The van der Waals surface area contributed by atoms with E-state index in [0.29, 0.717) is 35.7 Å². The van der Waals surface area contributed by atoms with Gasteiger partial charge in [0.2, 0.25) is 5.91 Å². The summed E-state index contributed by atoms with van der Waals surface area (Å²) in [7, 11) is 1.53. The lowest BCUT2D eigenvalue weighted by molar-refractivity contribution is -0.117. The monoisotopic (exact) mass is 369 g/mol. The Kier molecular flexibility index (Phi) is 5.93. The smallest absolute Gasteiger partial charge is 0.319 e. The van der Waals surface area contributed by atoms with E-state index in [-0.39, 0.29) is 12.5 Å². The molecule has 3 amide bonds. The first-order valence-electron chi connectivity index (χ1n) is 8.85. The molecule has 0 radical (unpaired) electrons. The van der Waals surface area contributed by atoms with E-state index >= 15 is 0 Å². The molecule has 0 aromatic heterocycles. The molecule has 3 N–H and O–H groups in total. The van der Waals surface area contributed by atoms with Gasteiger partial charge in [0.05, 0.1) is 24.6 Å². The predicted molar refractivity (Wildman–Crippen MR) is 103 cm³/mol. The van der Waals surface area contributed by atoms with Gasteiger partial charge < -0.3 is 25.4 Å². The van der Waals surface area contributed by atoms with Gasteiger partial charge in [-0.25, -0.2) is 4.79 Å². The van der Waals surface area contributed by atoms with Crippen LogP contribution in [0.2, 0.25) is 0 Å². The van der Waals surface area contributed by atoms with Crippen LogP contribution in [0.1, 0.15) is 24.5 Å². The second-order valence-electron chi connectivity index (χ2n) is 6.26. The molecule has 0 unspecified atom stereocenters. The van der Waals surface area contributed by atoms with E-state index in [1.807, 2.05) is 18.2 Å². The number of anilines is 2. The maximum atomic E-state index is 12.3. The molecule has 1 aliphatic heterocycles. The highest BCUT2D eigenvalue weighted by molar-refractivity contribution is 6.01. The van der Waals surface area contributed by atoms with Crippen molar-refractivity contribution < 1.29 is 19.4 Å². The number of para-hydroxylation sites is 3. The molecule has 0 aliphatic carbocycles. The van der Waals surface area contributed by atoms with Crippen molar-refractivity contribution in [2.75, 3.05) is 30.4 Å². The van der Waals surface area contributed by atoms with Gasteiger partial charge in [-0.3, -0.25) is 4.79 Å². The van der Waals surface area contributed by atoms with Crippen molar-refractivity contribution in [1.29, 1.82) is 0 Å². The third kappa shape index (κ3) is 4.38. The molecule has 7 nitrogen and oxygen atoms in total. The number of amides is 3. The largest absolute Gasteiger partial charge is 0.496 e. The van der Waals surface area contributed by atoms with E-state index < -0.39 is 12.1 Å². The number of urea groups is 1. The number of hydrogen-bond acceptors (Lipinski definition) is 4. The number of carbonyl (C=O) groups excluding carboxylic acids is 2. The molecule has 0 bridgehead atoms. The molecule has 142 valence electrons. The molecular formula is C20H23N3O4. The van der Waals surface area contributed by atoms with Crippen LogP contribution in [-0.2, 0) is 4.79 Å². The Labute approximate surface area is 157 Å². The van der Waals surface area contributed by atoms with Gasteiger partial charge in [0.1, 0.15) is 5.75 Å². The summed E-state index contributed by atoms with van der Waals surface area (Å²) in [4.78, 5) is 26.0. The fraction of sp³-hybridized carbons (Fsp3) is 0.300. The van der Waals surface area contributed by atoms with E-state index in [9.17, 15) is 14.7 Å². The van der Waals surface area contributed by atoms with Crippen LogP contribution in [0.25, 0.3) is 0 Å². The van der Waals surface area contributed by atoms with E-state index in [0.717, 1.165) is 6.42 Å². The van der Waals surface area contributed by atoms with Crippen molar-refractivity contribution in [3.63, 3.8) is 0 Å². The van der Waals surface area contributed by atoms with E-state index in [2.05, 4.69) is 10.6 Å². The zero-order chi connectivity index (χ0) is 19.2. The molecule has 1 saturated heterocycles. The predicted octanol–water partition coefficient (Wildman–Crippen LogP) is 2.68. The summed E-state index contributed by atoms with van der Waals surface area (Å²) in [6, 6.07) is 13.8. The van der Waals surface area contributed by atoms with Crippen molar-refractivity contribution in [3.8, 4) is 5.75 Å². The third-order valence-corrected chi connectivity index (χ3v) is 4.47. The molecule has 0 saturated carbocycles. The van der Waals surface area contributed by atoms with Crippen LogP contribution in [0.5, 0.6) is 5.75 Å². The number of rotatable bonds is 6. The summed E-state index contributed by atoms with van der Waals surface area (Å²) in [5.41, 5.74) is 1.83. The Morgan fingerprint density at radius 2 is 1.96 bits per heavy atom. The number of aliphatic hydroxyl groups excluding tert-OH is 1. The first-order valence-corrected chi connectivity index (χ1v) is 8.85. The molecule has 2 aromatic rings. The first kappa shape index (κ1) is 18.7. The van der Waals surface area contributed by atoms with Crippen molar-refractivity contribution >= 4 is 23.3 Å². The number of ether oxygens (including phenoxy) is 1. The highest BCUT2D eigenvalue weighted by Gasteiger charge is 2.24. The Morgan fingerprint density at radius 1 is 1.22 bits per heavy atom. The Balaban J connectivity index is 1.62.